The highest BCUT2D eigenvalue weighted by molar-refractivity contribution is 5.95. The van der Waals surface area contributed by atoms with E-state index < -0.39 is 5.66 Å². The molecule has 0 aliphatic carbocycles. The standard InChI is InChI=1S/C22H29N5O2/c1-4-5-13-22(24-25-22)14-12-20(28)23-18-10-8-17(9-11-18)21(29)27(3)19-7-6-15-26(2)16-19/h1,8-11,19H,5-7,12-16H2,2-3H3,(H,23,28). The SMILES string of the molecule is C#CCCC1(CCC(=O)Nc2ccc(C(=O)N(C)C3CCCN(C)C3)cc2)N=N1. The maximum Gasteiger partial charge on any atom is 0.253 e. The number of nitrogens with zero attached hydrogens (tertiary/aromatic N) is 4. The number of anilines is 1. The van der Waals surface area contributed by atoms with Crippen LogP contribution in [-0.2, 0) is 4.79 Å². The fourth-order valence-electron chi connectivity index (χ4n) is 3.73. The van der Waals surface area contributed by atoms with Crippen molar-refractivity contribution in [2.24, 2.45) is 10.2 Å². The van der Waals surface area contributed by atoms with Crippen LogP contribution in [0.5, 0.6) is 0 Å². The van der Waals surface area contributed by atoms with Crippen LogP contribution in [0, 0.1) is 12.3 Å². The van der Waals surface area contributed by atoms with Gasteiger partial charge in [-0.2, -0.15) is 10.2 Å². The molecule has 0 bridgehead atoms. The van der Waals surface area contributed by atoms with E-state index in [1.807, 2.05) is 11.9 Å². The van der Waals surface area contributed by atoms with Crippen LogP contribution in [0.15, 0.2) is 34.5 Å². The molecule has 1 unspecified atom stereocenters. The molecule has 1 aromatic rings. The minimum absolute atomic E-state index is 0.00980. The van der Waals surface area contributed by atoms with Crippen molar-refractivity contribution in [3.63, 3.8) is 0 Å². The van der Waals surface area contributed by atoms with E-state index in [2.05, 4.69) is 33.4 Å². The zero-order chi connectivity index (χ0) is 20.9. The molecule has 2 aliphatic heterocycles. The molecule has 2 amide bonds. The predicted molar refractivity (Wildman–Crippen MR) is 113 cm³/mol. The van der Waals surface area contributed by atoms with Crippen molar-refractivity contribution in [3.8, 4) is 12.3 Å². The lowest BCUT2D eigenvalue weighted by atomic mass is 10.0. The van der Waals surface area contributed by atoms with Gasteiger partial charge in [0, 0.05) is 56.6 Å². The summed E-state index contributed by atoms with van der Waals surface area (Å²) >= 11 is 0. The van der Waals surface area contributed by atoms with Crippen LogP contribution < -0.4 is 5.32 Å². The van der Waals surface area contributed by atoms with Gasteiger partial charge in [-0.1, -0.05) is 0 Å². The topological polar surface area (TPSA) is 77.4 Å². The lowest BCUT2D eigenvalue weighted by molar-refractivity contribution is -0.116. The number of carbonyl (C=O) groups excluding carboxylic acids is 2. The third-order valence-corrected chi connectivity index (χ3v) is 5.69. The fourth-order valence-corrected chi connectivity index (χ4v) is 3.73. The highest BCUT2D eigenvalue weighted by Crippen LogP contribution is 2.37. The van der Waals surface area contributed by atoms with Crippen molar-refractivity contribution in [1.29, 1.82) is 0 Å². The smallest absolute Gasteiger partial charge is 0.253 e. The van der Waals surface area contributed by atoms with Crippen LogP contribution in [0.3, 0.4) is 0 Å². The van der Waals surface area contributed by atoms with E-state index >= 15 is 0 Å². The minimum Gasteiger partial charge on any atom is -0.337 e. The first-order valence-electron chi connectivity index (χ1n) is 10.2. The van der Waals surface area contributed by atoms with E-state index in [4.69, 9.17) is 6.42 Å². The number of nitrogens with one attached hydrogen (secondary N) is 1. The molecule has 29 heavy (non-hydrogen) atoms. The van der Waals surface area contributed by atoms with Crippen LogP contribution >= 0.6 is 0 Å². The quantitative estimate of drug-likeness (QED) is 0.687. The molecule has 1 fully saturated rings. The first-order valence-corrected chi connectivity index (χ1v) is 10.2. The Morgan fingerprint density at radius 1 is 1.31 bits per heavy atom. The summed E-state index contributed by atoms with van der Waals surface area (Å²) in [4.78, 5) is 29.1. The molecular weight excluding hydrogens is 366 g/mol. The Labute approximate surface area is 172 Å². The second kappa shape index (κ2) is 9.19. The Bertz CT molecular complexity index is 805. The monoisotopic (exact) mass is 395 g/mol. The number of terminal acetylenes is 1. The largest absolute Gasteiger partial charge is 0.337 e. The Morgan fingerprint density at radius 2 is 2.03 bits per heavy atom. The molecule has 0 saturated carbocycles. The maximum atomic E-state index is 12.8. The molecule has 154 valence electrons. The number of hydrogen-bond donors (Lipinski definition) is 1. The van der Waals surface area contributed by atoms with Gasteiger partial charge in [0.05, 0.1) is 0 Å². The third kappa shape index (κ3) is 5.64. The van der Waals surface area contributed by atoms with E-state index in [9.17, 15) is 9.59 Å². The van der Waals surface area contributed by atoms with Gasteiger partial charge in [-0.05, 0) is 50.7 Å². The van der Waals surface area contributed by atoms with E-state index in [0.717, 1.165) is 25.9 Å². The molecular formula is C22H29N5O2. The number of likely N-dealkylation sites (N-methyl/N-ethyl adjacent to an activating group) is 2. The van der Waals surface area contributed by atoms with Crippen molar-refractivity contribution in [2.75, 3.05) is 32.5 Å². The molecule has 3 rings (SSSR count). The lowest BCUT2D eigenvalue weighted by Crippen LogP contribution is -2.47. The molecule has 7 nitrogen and oxygen atoms in total. The van der Waals surface area contributed by atoms with Crippen LogP contribution in [0.1, 0.15) is 48.9 Å². The molecule has 0 spiro atoms. The molecule has 0 aromatic heterocycles. The van der Waals surface area contributed by atoms with Crippen LogP contribution in [0.4, 0.5) is 5.69 Å². The van der Waals surface area contributed by atoms with Gasteiger partial charge in [-0.3, -0.25) is 9.59 Å². The Morgan fingerprint density at radius 3 is 2.66 bits per heavy atom. The molecule has 1 atom stereocenters. The number of hydrogen-bond acceptors (Lipinski definition) is 5. The van der Waals surface area contributed by atoms with Crippen molar-refractivity contribution < 1.29 is 9.59 Å². The van der Waals surface area contributed by atoms with Gasteiger partial charge in [-0.25, -0.2) is 0 Å². The summed E-state index contributed by atoms with van der Waals surface area (Å²) in [5, 5.41) is 11.0. The molecule has 0 radical (unpaired) electrons. The number of rotatable bonds is 8. The van der Waals surface area contributed by atoms with Crippen LogP contribution in [-0.4, -0.2) is 60.5 Å². The lowest BCUT2D eigenvalue weighted by Gasteiger charge is -2.35. The van der Waals surface area contributed by atoms with Crippen molar-refractivity contribution in [2.45, 2.75) is 50.2 Å². The van der Waals surface area contributed by atoms with Gasteiger partial charge < -0.3 is 15.1 Å². The molecule has 7 heteroatoms. The van der Waals surface area contributed by atoms with Crippen LogP contribution in [0.2, 0.25) is 0 Å². The molecule has 1 saturated heterocycles. The van der Waals surface area contributed by atoms with Gasteiger partial charge in [0.15, 0.2) is 5.66 Å². The van der Waals surface area contributed by atoms with Gasteiger partial charge in [0.25, 0.3) is 5.91 Å². The molecule has 1 aromatic carbocycles. The summed E-state index contributed by atoms with van der Waals surface area (Å²) in [5.74, 6) is 2.50. The summed E-state index contributed by atoms with van der Waals surface area (Å²) in [6.07, 6.45) is 9.61. The van der Waals surface area contributed by atoms with Gasteiger partial charge in [0.1, 0.15) is 0 Å². The normalized spacial score (nSPS) is 20.0. The van der Waals surface area contributed by atoms with E-state index in [0.29, 0.717) is 36.9 Å². The third-order valence-electron chi connectivity index (χ3n) is 5.69. The summed E-state index contributed by atoms with van der Waals surface area (Å²) in [6.45, 7) is 1.98. The van der Waals surface area contributed by atoms with Crippen molar-refractivity contribution in [1.82, 2.24) is 9.80 Å². The summed E-state index contributed by atoms with van der Waals surface area (Å²) in [5.41, 5.74) is 0.856. The first kappa shape index (κ1) is 21.0. The second-order valence-electron chi connectivity index (χ2n) is 7.99. The Kier molecular flexibility index (Phi) is 6.65. The average molecular weight is 396 g/mol. The van der Waals surface area contributed by atoms with E-state index in [1.165, 1.54) is 0 Å². The summed E-state index contributed by atoms with van der Waals surface area (Å²) < 4.78 is 0. The highest BCUT2D eigenvalue weighted by atomic mass is 16.2. The van der Waals surface area contributed by atoms with E-state index in [1.54, 1.807) is 24.3 Å². The fraction of sp³-hybridized carbons (Fsp3) is 0.545. The number of benzene rings is 1. The van der Waals surface area contributed by atoms with Crippen molar-refractivity contribution >= 4 is 17.5 Å². The number of carbonyl (C=O) groups is 2. The van der Waals surface area contributed by atoms with Gasteiger partial charge >= 0.3 is 0 Å². The number of piperidine rings is 1. The summed E-state index contributed by atoms with van der Waals surface area (Å²) in [7, 11) is 3.95. The average Bonchev–Trinajstić information content (AvgIpc) is 3.50. The number of amides is 2. The van der Waals surface area contributed by atoms with Gasteiger partial charge in [-0.15, -0.1) is 12.3 Å². The molecule has 1 N–H and O–H groups in total. The molecule has 2 aliphatic rings. The van der Waals surface area contributed by atoms with Crippen LogP contribution in [0.25, 0.3) is 0 Å². The zero-order valence-corrected chi connectivity index (χ0v) is 17.2. The summed E-state index contributed by atoms with van der Waals surface area (Å²) in [6, 6.07) is 7.31. The highest BCUT2D eigenvalue weighted by Gasteiger charge is 2.39. The first-order chi connectivity index (χ1) is 13.9. The van der Waals surface area contributed by atoms with Gasteiger partial charge in [0.2, 0.25) is 5.91 Å². The Balaban J connectivity index is 1.48. The second-order valence-corrected chi connectivity index (χ2v) is 7.99. The molecule has 2 heterocycles. The van der Waals surface area contributed by atoms with E-state index in [-0.39, 0.29) is 17.9 Å². The minimum atomic E-state index is -0.447. The van der Waals surface area contributed by atoms with Crippen molar-refractivity contribution in [3.05, 3.63) is 29.8 Å². The number of likely N-dealkylation sites (tertiary alicyclic amines) is 1. The predicted octanol–water partition coefficient (Wildman–Crippen LogP) is 3.15. The Hall–Kier alpha value is -2.72. The maximum absolute atomic E-state index is 12.8. The zero-order valence-electron chi connectivity index (χ0n) is 17.2.